The van der Waals surface area contributed by atoms with Crippen LogP contribution in [0.15, 0.2) is 4.52 Å². The topological polar surface area (TPSA) is 69.4 Å². The molecule has 0 bridgehead atoms. The van der Waals surface area contributed by atoms with E-state index in [1.54, 1.807) is 0 Å². The quantitative estimate of drug-likeness (QED) is 0.881. The number of hydrogen-bond donors (Lipinski definition) is 1. The molecule has 2 aliphatic rings. The maximum atomic E-state index is 5.57. The monoisotopic (exact) mass is 281 g/mol. The van der Waals surface area contributed by atoms with Gasteiger partial charge in [0.15, 0.2) is 5.82 Å². The molecule has 1 aromatic rings. The lowest BCUT2D eigenvalue weighted by atomic mass is 9.99. The summed E-state index contributed by atoms with van der Waals surface area (Å²) in [7, 11) is 0. The van der Waals surface area contributed by atoms with Crippen molar-refractivity contribution < 1.29 is 14.0 Å². The maximum absolute atomic E-state index is 5.57. The second kappa shape index (κ2) is 6.65. The van der Waals surface area contributed by atoms with Crippen LogP contribution in [0.1, 0.15) is 49.7 Å². The average Bonchev–Trinajstić information content (AvgIpc) is 3.14. The molecule has 6 nitrogen and oxygen atoms in total. The first-order valence-corrected chi connectivity index (χ1v) is 7.61. The number of hydrogen-bond acceptors (Lipinski definition) is 6. The fraction of sp³-hybridized carbons (Fsp3) is 0.857. The summed E-state index contributed by atoms with van der Waals surface area (Å²) in [6.07, 6.45) is 3.08. The Bertz CT molecular complexity index is 418. The van der Waals surface area contributed by atoms with E-state index in [1.807, 2.05) is 0 Å². The van der Waals surface area contributed by atoms with Crippen molar-refractivity contribution in [2.45, 2.75) is 44.1 Å². The summed E-state index contributed by atoms with van der Waals surface area (Å²) in [5, 5.41) is 7.67. The Hall–Kier alpha value is -0.980. The van der Waals surface area contributed by atoms with E-state index in [0.29, 0.717) is 12.5 Å². The van der Waals surface area contributed by atoms with Crippen molar-refractivity contribution in [1.29, 1.82) is 0 Å². The fourth-order valence-corrected chi connectivity index (χ4v) is 2.85. The summed E-state index contributed by atoms with van der Waals surface area (Å²) >= 11 is 0. The average molecular weight is 281 g/mol. The first-order chi connectivity index (χ1) is 9.88. The highest BCUT2D eigenvalue weighted by molar-refractivity contribution is 5.05. The number of nitrogens with one attached hydrogen (secondary N) is 1. The van der Waals surface area contributed by atoms with Gasteiger partial charge in [0.25, 0.3) is 0 Å². The minimum absolute atomic E-state index is 0.183. The van der Waals surface area contributed by atoms with Gasteiger partial charge in [-0.2, -0.15) is 4.98 Å². The van der Waals surface area contributed by atoms with E-state index < -0.39 is 0 Å². The van der Waals surface area contributed by atoms with Gasteiger partial charge in [-0.1, -0.05) is 12.1 Å². The van der Waals surface area contributed by atoms with Gasteiger partial charge in [-0.3, -0.25) is 0 Å². The molecule has 0 spiro atoms. The highest BCUT2D eigenvalue weighted by Crippen LogP contribution is 2.29. The van der Waals surface area contributed by atoms with Gasteiger partial charge in [0.1, 0.15) is 0 Å². The molecule has 0 saturated carbocycles. The van der Waals surface area contributed by atoms with Crippen LogP contribution in [0.4, 0.5) is 0 Å². The Labute approximate surface area is 119 Å². The molecule has 2 unspecified atom stereocenters. The minimum atomic E-state index is 0.183. The third-order valence-corrected chi connectivity index (χ3v) is 4.10. The van der Waals surface area contributed by atoms with Gasteiger partial charge >= 0.3 is 0 Å². The van der Waals surface area contributed by atoms with E-state index in [4.69, 9.17) is 14.0 Å². The van der Waals surface area contributed by atoms with Crippen molar-refractivity contribution in [3.8, 4) is 0 Å². The molecule has 0 aliphatic carbocycles. The summed E-state index contributed by atoms with van der Waals surface area (Å²) in [6.45, 7) is 6.12. The summed E-state index contributed by atoms with van der Waals surface area (Å²) in [4.78, 5) is 4.62. The summed E-state index contributed by atoms with van der Waals surface area (Å²) in [5.74, 6) is 2.12. The Balaban J connectivity index is 1.65. The zero-order valence-corrected chi connectivity index (χ0v) is 12.0. The molecule has 2 fully saturated rings. The normalized spacial score (nSPS) is 28.1. The molecule has 3 rings (SSSR count). The lowest BCUT2D eigenvalue weighted by molar-refractivity contribution is 0.0830. The van der Waals surface area contributed by atoms with Gasteiger partial charge in [0.05, 0.1) is 19.1 Å². The highest BCUT2D eigenvalue weighted by atomic mass is 16.5. The van der Waals surface area contributed by atoms with Crippen LogP contribution in [0.3, 0.4) is 0 Å². The predicted molar refractivity (Wildman–Crippen MR) is 72.7 cm³/mol. The van der Waals surface area contributed by atoms with Crippen molar-refractivity contribution in [2.24, 2.45) is 0 Å². The molecule has 20 heavy (non-hydrogen) atoms. The Morgan fingerprint density at radius 1 is 1.20 bits per heavy atom. The highest BCUT2D eigenvalue weighted by Gasteiger charge is 2.34. The van der Waals surface area contributed by atoms with Crippen molar-refractivity contribution in [3.05, 3.63) is 11.7 Å². The van der Waals surface area contributed by atoms with E-state index in [0.717, 1.165) is 57.3 Å². The zero-order chi connectivity index (χ0) is 13.8. The molecule has 2 atom stereocenters. The van der Waals surface area contributed by atoms with Crippen molar-refractivity contribution >= 4 is 0 Å². The van der Waals surface area contributed by atoms with Crippen molar-refractivity contribution in [3.63, 3.8) is 0 Å². The number of rotatable bonds is 5. The number of nitrogens with zero attached hydrogens (tertiary/aromatic N) is 2. The predicted octanol–water partition coefficient (Wildman–Crippen LogP) is 1.45. The van der Waals surface area contributed by atoms with Crippen LogP contribution in [-0.2, 0) is 9.47 Å². The molecule has 2 saturated heterocycles. The third-order valence-electron chi connectivity index (χ3n) is 4.10. The molecule has 0 amide bonds. The van der Waals surface area contributed by atoms with E-state index in [1.165, 1.54) is 0 Å². The Morgan fingerprint density at radius 2 is 2.05 bits per heavy atom. The van der Waals surface area contributed by atoms with E-state index >= 15 is 0 Å². The lowest BCUT2D eigenvalue weighted by Gasteiger charge is -2.18. The molecule has 0 aromatic carbocycles. The summed E-state index contributed by atoms with van der Waals surface area (Å²) in [6, 6.07) is 0.290. The molecule has 3 heterocycles. The van der Waals surface area contributed by atoms with Crippen LogP contribution < -0.4 is 5.32 Å². The smallest absolute Gasteiger partial charge is 0.233 e. The van der Waals surface area contributed by atoms with Crippen LogP contribution in [0.2, 0.25) is 0 Å². The molecule has 6 heteroatoms. The van der Waals surface area contributed by atoms with Gasteiger partial charge < -0.3 is 19.3 Å². The first-order valence-electron chi connectivity index (χ1n) is 7.61. The van der Waals surface area contributed by atoms with Gasteiger partial charge in [-0.15, -0.1) is 0 Å². The second-order valence-electron chi connectivity index (χ2n) is 5.58. The molecule has 2 aliphatic heterocycles. The minimum Gasteiger partial charge on any atom is -0.381 e. The number of aromatic nitrogens is 2. The standard InChI is InChI=1S/C14H23N3O3/c1-2-5-15-12-9-19-8-11(12)14-16-13(17-20-14)10-3-6-18-7-4-10/h10-12,15H,2-9H2,1H3. The van der Waals surface area contributed by atoms with E-state index in [9.17, 15) is 0 Å². The summed E-state index contributed by atoms with van der Waals surface area (Å²) in [5.41, 5.74) is 0. The van der Waals surface area contributed by atoms with Crippen LogP contribution in [0.25, 0.3) is 0 Å². The van der Waals surface area contributed by atoms with Gasteiger partial charge in [0.2, 0.25) is 5.89 Å². The molecule has 1 aromatic heterocycles. The molecule has 112 valence electrons. The molecule has 1 N–H and O–H groups in total. The molecule has 0 radical (unpaired) electrons. The van der Waals surface area contributed by atoms with Crippen LogP contribution >= 0.6 is 0 Å². The van der Waals surface area contributed by atoms with Gasteiger partial charge in [-0.05, 0) is 25.8 Å². The fourth-order valence-electron chi connectivity index (χ4n) is 2.85. The third kappa shape index (κ3) is 3.02. The van der Waals surface area contributed by atoms with E-state index in [-0.39, 0.29) is 12.0 Å². The van der Waals surface area contributed by atoms with Gasteiger partial charge in [-0.25, -0.2) is 0 Å². The van der Waals surface area contributed by atoms with Crippen molar-refractivity contribution in [1.82, 2.24) is 15.5 Å². The largest absolute Gasteiger partial charge is 0.381 e. The number of ether oxygens (including phenoxy) is 2. The molecular weight excluding hydrogens is 258 g/mol. The lowest BCUT2D eigenvalue weighted by Crippen LogP contribution is -2.35. The Morgan fingerprint density at radius 3 is 2.85 bits per heavy atom. The van der Waals surface area contributed by atoms with Crippen LogP contribution in [0, 0.1) is 0 Å². The Kier molecular flexibility index (Phi) is 4.65. The van der Waals surface area contributed by atoms with E-state index in [2.05, 4.69) is 22.4 Å². The van der Waals surface area contributed by atoms with Crippen molar-refractivity contribution in [2.75, 3.05) is 33.0 Å². The SMILES string of the molecule is CCCNC1COCC1c1nc(C2CCOCC2)no1. The van der Waals surface area contributed by atoms with Crippen LogP contribution in [0.5, 0.6) is 0 Å². The first kappa shape index (κ1) is 14.0. The molecular formula is C14H23N3O3. The maximum Gasteiger partial charge on any atom is 0.233 e. The summed E-state index contributed by atoms with van der Waals surface area (Å²) < 4.78 is 16.4. The van der Waals surface area contributed by atoms with Crippen LogP contribution in [-0.4, -0.2) is 49.2 Å². The zero-order valence-electron chi connectivity index (χ0n) is 12.0. The van der Waals surface area contributed by atoms with Gasteiger partial charge in [0, 0.05) is 25.2 Å². The second-order valence-corrected chi connectivity index (χ2v) is 5.58.